The van der Waals surface area contributed by atoms with Crippen molar-refractivity contribution < 1.29 is 32.7 Å². The fourth-order valence-electron chi connectivity index (χ4n) is 1.89. The van der Waals surface area contributed by atoms with Crippen molar-refractivity contribution in [2.45, 2.75) is 39.8 Å². The Bertz CT molecular complexity index is 379. The molecular formula is C14H21BN3Y-2. The van der Waals surface area contributed by atoms with E-state index >= 15 is 0 Å². The van der Waals surface area contributed by atoms with Crippen molar-refractivity contribution in [3.8, 4) is 0 Å². The molecule has 0 spiro atoms. The number of aromatic nitrogens is 2. The predicted molar refractivity (Wildman–Crippen MR) is 77.9 cm³/mol. The van der Waals surface area contributed by atoms with Crippen LogP contribution in [0.4, 0.5) is 5.82 Å². The summed E-state index contributed by atoms with van der Waals surface area (Å²) < 4.78 is 0. The average molecular weight is 331 g/mol. The molecule has 1 saturated heterocycles. The average Bonchev–Trinajstić information content (AvgIpc) is 2.40. The molecule has 1 aliphatic heterocycles. The molecule has 1 fully saturated rings. The molecule has 1 aromatic rings. The van der Waals surface area contributed by atoms with Crippen LogP contribution in [0, 0.1) is 19.7 Å². The molecule has 2 rings (SSSR count). The van der Waals surface area contributed by atoms with Crippen LogP contribution in [0.25, 0.3) is 6.08 Å². The smallest absolute Gasteiger partial charge is 0.102 e. The summed E-state index contributed by atoms with van der Waals surface area (Å²) in [6, 6.07) is 0. The summed E-state index contributed by atoms with van der Waals surface area (Å²) in [5.74, 6) is 1.69. The third-order valence-corrected chi connectivity index (χ3v) is 2.67. The number of piperidine rings is 1. The first-order valence-corrected chi connectivity index (χ1v) is 6.53. The molecule has 2 heterocycles. The summed E-state index contributed by atoms with van der Waals surface area (Å²) in [7, 11) is 2.00. The number of nitrogens with zero attached hydrogens (tertiary/aromatic N) is 3. The summed E-state index contributed by atoms with van der Waals surface area (Å²) in [6.07, 6.45) is 8.22. The zero-order chi connectivity index (χ0) is 13.4. The summed E-state index contributed by atoms with van der Waals surface area (Å²) in [6.45, 7) is 13.5. The van der Waals surface area contributed by atoms with Crippen molar-refractivity contribution in [3.05, 3.63) is 24.2 Å². The van der Waals surface area contributed by atoms with Crippen LogP contribution in [0.15, 0.2) is 0 Å². The second-order valence-corrected chi connectivity index (χ2v) is 4.41. The first-order chi connectivity index (χ1) is 8.72. The van der Waals surface area contributed by atoms with Gasteiger partial charge in [-0.25, -0.2) is 5.56 Å². The Morgan fingerprint density at radius 3 is 2.37 bits per heavy atom. The second kappa shape index (κ2) is 10.6. The van der Waals surface area contributed by atoms with Crippen molar-refractivity contribution in [2.24, 2.45) is 0 Å². The summed E-state index contributed by atoms with van der Waals surface area (Å²) in [5, 5.41) is 0. The van der Waals surface area contributed by atoms with Gasteiger partial charge in [0.25, 0.3) is 0 Å². The van der Waals surface area contributed by atoms with Crippen LogP contribution in [-0.2, 0) is 32.7 Å². The Morgan fingerprint density at radius 2 is 1.84 bits per heavy atom. The van der Waals surface area contributed by atoms with Gasteiger partial charge in [0.15, 0.2) is 0 Å². The maximum Gasteiger partial charge on any atom is 0.102 e. The van der Waals surface area contributed by atoms with Crippen LogP contribution < -0.4 is 4.90 Å². The zero-order valence-electron chi connectivity index (χ0n) is 12.2. The fraction of sp³-hybridized carbons (Fsp3) is 0.571. The van der Waals surface area contributed by atoms with Gasteiger partial charge in [-0.3, -0.25) is 0 Å². The molecule has 0 atom stereocenters. The van der Waals surface area contributed by atoms with E-state index in [1.54, 1.807) is 0 Å². The van der Waals surface area contributed by atoms with Crippen LogP contribution >= 0.6 is 0 Å². The SMILES string of the molecule is C[B]C.[CH-]=Cc1[c-]nc(C)nc1N1CCCCC1.[Y]. The number of hydrogen-bond donors (Lipinski definition) is 0. The topological polar surface area (TPSA) is 29.0 Å². The van der Waals surface area contributed by atoms with Crippen molar-refractivity contribution in [1.82, 2.24) is 9.97 Å². The minimum atomic E-state index is 0. The van der Waals surface area contributed by atoms with Gasteiger partial charge in [0, 0.05) is 51.6 Å². The molecule has 0 N–H and O–H groups in total. The Hall–Kier alpha value is -0.211. The van der Waals surface area contributed by atoms with E-state index < -0.39 is 0 Å². The number of aryl methyl sites for hydroxylation is 1. The number of rotatable bonds is 2. The molecule has 2 radical (unpaired) electrons. The molecule has 0 saturated carbocycles. The Balaban J connectivity index is 0.000000742. The van der Waals surface area contributed by atoms with Crippen molar-refractivity contribution in [3.63, 3.8) is 0 Å². The van der Waals surface area contributed by atoms with Gasteiger partial charge in [-0.1, -0.05) is 13.6 Å². The molecular weight excluding hydrogens is 310 g/mol. The van der Waals surface area contributed by atoms with E-state index in [2.05, 4.69) is 21.1 Å². The van der Waals surface area contributed by atoms with Crippen LogP contribution in [0.3, 0.4) is 0 Å². The van der Waals surface area contributed by atoms with E-state index in [1.807, 2.05) is 27.8 Å². The summed E-state index contributed by atoms with van der Waals surface area (Å²) >= 11 is 0. The van der Waals surface area contributed by atoms with Gasteiger partial charge in [-0.05, 0) is 32.0 Å². The summed E-state index contributed by atoms with van der Waals surface area (Å²) in [5.41, 5.74) is 0.808. The monoisotopic (exact) mass is 331 g/mol. The van der Waals surface area contributed by atoms with Crippen LogP contribution in [0.1, 0.15) is 30.7 Å². The van der Waals surface area contributed by atoms with E-state index in [4.69, 9.17) is 6.58 Å². The first-order valence-electron chi connectivity index (χ1n) is 6.53. The van der Waals surface area contributed by atoms with E-state index in [-0.39, 0.29) is 32.7 Å². The standard InChI is InChI=1S/C12H15N3.C2H6B.Y/c1-3-11-9-13-10(2)14-12(11)15-7-5-4-6-8-15;1-3-2;/h1,3H,4-8H2,2H3;1-2H3;/q-2;;. The number of hydrogen-bond acceptors (Lipinski definition) is 3. The van der Waals surface area contributed by atoms with E-state index in [9.17, 15) is 0 Å². The van der Waals surface area contributed by atoms with Crippen molar-refractivity contribution in [1.29, 1.82) is 0 Å². The van der Waals surface area contributed by atoms with Crippen LogP contribution in [-0.4, -0.2) is 30.3 Å². The molecule has 0 aliphatic carbocycles. The van der Waals surface area contributed by atoms with Gasteiger partial charge in [0.05, 0.1) is 0 Å². The molecule has 0 aromatic carbocycles. The predicted octanol–water partition coefficient (Wildman–Crippen LogP) is 2.81. The van der Waals surface area contributed by atoms with Crippen LogP contribution in [0.5, 0.6) is 0 Å². The number of anilines is 1. The van der Waals surface area contributed by atoms with E-state index in [0.717, 1.165) is 30.3 Å². The van der Waals surface area contributed by atoms with Gasteiger partial charge in [0.2, 0.25) is 0 Å². The molecule has 19 heavy (non-hydrogen) atoms. The quantitative estimate of drug-likeness (QED) is 0.616. The van der Waals surface area contributed by atoms with Gasteiger partial charge in [-0.15, -0.1) is 6.20 Å². The van der Waals surface area contributed by atoms with E-state index in [0.29, 0.717) is 0 Å². The van der Waals surface area contributed by atoms with Gasteiger partial charge < -0.3 is 27.5 Å². The largest absolute Gasteiger partial charge is 0.410 e. The van der Waals surface area contributed by atoms with Gasteiger partial charge in [0.1, 0.15) is 7.28 Å². The normalized spacial score (nSPS) is 13.7. The molecule has 3 nitrogen and oxygen atoms in total. The maximum absolute atomic E-state index is 5.54. The second-order valence-electron chi connectivity index (χ2n) is 4.41. The minimum Gasteiger partial charge on any atom is -0.410 e. The molecule has 0 unspecified atom stereocenters. The molecule has 100 valence electrons. The van der Waals surface area contributed by atoms with E-state index in [1.165, 1.54) is 25.3 Å². The van der Waals surface area contributed by atoms with Gasteiger partial charge in [-0.2, -0.15) is 0 Å². The first kappa shape index (κ1) is 18.8. The molecule has 0 amide bonds. The molecule has 1 aromatic heterocycles. The maximum atomic E-state index is 5.54. The minimum absolute atomic E-state index is 0. The zero-order valence-corrected chi connectivity index (χ0v) is 15.0. The van der Waals surface area contributed by atoms with Crippen molar-refractivity contribution in [2.75, 3.05) is 18.0 Å². The summed E-state index contributed by atoms with van der Waals surface area (Å²) in [4.78, 5) is 10.7. The molecule has 5 heteroatoms. The fourth-order valence-corrected chi connectivity index (χ4v) is 1.89. The Kier molecular flexibility index (Phi) is 10.4. The third kappa shape index (κ3) is 6.18. The van der Waals surface area contributed by atoms with Crippen molar-refractivity contribution >= 4 is 19.2 Å². The Labute approximate surface area is 143 Å². The molecule has 0 bridgehead atoms. The molecule has 1 aliphatic rings. The Morgan fingerprint density at radius 1 is 1.26 bits per heavy atom. The van der Waals surface area contributed by atoms with Crippen LogP contribution in [0.2, 0.25) is 13.6 Å². The van der Waals surface area contributed by atoms with Gasteiger partial charge >= 0.3 is 0 Å². The third-order valence-electron chi connectivity index (χ3n) is 2.67.